The SMILES string of the molecule is CCNc1nc(C(N)=O)c(NC(=O)c2sc3ccccc3c2Cl)s1. The predicted octanol–water partition coefficient (Wildman–Crippen LogP) is 3.79. The van der Waals surface area contributed by atoms with Gasteiger partial charge in [-0.1, -0.05) is 41.1 Å². The highest BCUT2D eigenvalue weighted by molar-refractivity contribution is 7.22. The van der Waals surface area contributed by atoms with Crippen molar-refractivity contribution in [1.29, 1.82) is 0 Å². The van der Waals surface area contributed by atoms with Crippen LogP contribution in [0.5, 0.6) is 0 Å². The van der Waals surface area contributed by atoms with Crippen molar-refractivity contribution in [3.8, 4) is 0 Å². The number of benzene rings is 1. The van der Waals surface area contributed by atoms with Crippen LogP contribution >= 0.6 is 34.3 Å². The van der Waals surface area contributed by atoms with Gasteiger partial charge >= 0.3 is 0 Å². The first kappa shape index (κ1) is 16.7. The monoisotopic (exact) mass is 380 g/mol. The van der Waals surface area contributed by atoms with Gasteiger partial charge in [-0.3, -0.25) is 9.59 Å². The number of thiazole rings is 1. The minimum absolute atomic E-state index is 0.0292. The van der Waals surface area contributed by atoms with E-state index in [9.17, 15) is 9.59 Å². The standard InChI is InChI=1S/C15H13ClN4O2S2/c1-2-18-15-19-10(12(17)21)14(24-15)20-13(22)11-9(16)7-5-3-4-6-8(7)23-11/h3-6H,2H2,1H3,(H2,17,21)(H,18,19)(H,20,22). The molecule has 0 aliphatic heterocycles. The lowest BCUT2D eigenvalue weighted by molar-refractivity contribution is 0.0997. The third-order valence-corrected chi connectivity index (χ3v) is 5.76. The maximum atomic E-state index is 12.6. The summed E-state index contributed by atoms with van der Waals surface area (Å²) in [5, 5.41) is 7.72. The third-order valence-electron chi connectivity index (χ3n) is 3.16. The summed E-state index contributed by atoms with van der Waals surface area (Å²) in [6, 6.07) is 7.50. The summed E-state index contributed by atoms with van der Waals surface area (Å²) >= 11 is 8.75. The summed E-state index contributed by atoms with van der Waals surface area (Å²) in [5.41, 5.74) is 5.36. The maximum Gasteiger partial charge on any atom is 0.270 e. The number of hydrogen-bond acceptors (Lipinski definition) is 6. The lowest BCUT2D eigenvalue weighted by Gasteiger charge is -2.02. The van der Waals surface area contributed by atoms with Gasteiger partial charge in [-0.2, -0.15) is 0 Å². The van der Waals surface area contributed by atoms with E-state index >= 15 is 0 Å². The molecule has 2 amide bonds. The first-order chi connectivity index (χ1) is 11.5. The van der Waals surface area contributed by atoms with Crippen molar-refractivity contribution >= 4 is 66.3 Å². The lowest BCUT2D eigenvalue weighted by atomic mass is 10.2. The van der Waals surface area contributed by atoms with Gasteiger partial charge in [0.15, 0.2) is 10.8 Å². The summed E-state index contributed by atoms with van der Waals surface area (Å²) in [6.07, 6.45) is 0. The van der Waals surface area contributed by atoms with Crippen molar-refractivity contribution in [2.75, 3.05) is 17.2 Å². The Balaban J connectivity index is 1.94. The molecule has 0 atom stereocenters. The second-order valence-electron chi connectivity index (χ2n) is 4.79. The fourth-order valence-electron chi connectivity index (χ4n) is 2.12. The number of amides is 2. The number of rotatable bonds is 5. The predicted molar refractivity (Wildman–Crippen MR) is 99.6 cm³/mol. The molecular weight excluding hydrogens is 368 g/mol. The number of nitrogens with zero attached hydrogens (tertiary/aromatic N) is 1. The number of anilines is 2. The molecule has 1 aromatic carbocycles. The van der Waals surface area contributed by atoms with Crippen molar-refractivity contribution < 1.29 is 9.59 Å². The highest BCUT2D eigenvalue weighted by Gasteiger charge is 2.22. The highest BCUT2D eigenvalue weighted by Crippen LogP contribution is 2.36. The largest absolute Gasteiger partial charge is 0.364 e. The summed E-state index contributed by atoms with van der Waals surface area (Å²) in [4.78, 5) is 28.6. The number of thiophene rings is 1. The van der Waals surface area contributed by atoms with Crippen molar-refractivity contribution in [2.45, 2.75) is 6.92 Å². The molecule has 0 spiro atoms. The second kappa shape index (κ2) is 6.76. The number of hydrogen-bond donors (Lipinski definition) is 3. The highest BCUT2D eigenvalue weighted by atomic mass is 35.5. The molecule has 0 fully saturated rings. The van der Waals surface area contributed by atoms with Crippen LogP contribution in [0, 0.1) is 0 Å². The number of nitrogens with two attached hydrogens (primary N) is 1. The van der Waals surface area contributed by atoms with Crippen molar-refractivity contribution in [1.82, 2.24) is 4.98 Å². The van der Waals surface area contributed by atoms with Crippen molar-refractivity contribution in [3.63, 3.8) is 0 Å². The molecule has 9 heteroatoms. The second-order valence-corrected chi connectivity index (χ2v) is 7.22. The van der Waals surface area contributed by atoms with Gasteiger partial charge in [-0.05, 0) is 13.0 Å². The molecule has 0 saturated carbocycles. The summed E-state index contributed by atoms with van der Waals surface area (Å²) in [7, 11) is 0. The van der Waals surface area contributed by atoms with Gasteiger partial charge in [0, 0.05) is 16.6 Å². The molecule has 124 valence electrons. The number of primary amides is 1. The zero-order valence-electron chi connectivity index (χ0n) is 12.6. The summed E-state index contributed by atoms with van der Waals surface area (Å²) in [6.45, 7) is 2.54. The molecule has 3 rings (SSSR count). The number of aromatic nitrogens is 1. The quantitative estimate of drug-likeness (QED) is 0.627. The fraction of sp³-hybridized carbons (Fsp3) is 0.133. The fourth-order valence-corrected chi connectivity index (χ4v) is 4.46. The number of halogens is 1. The number of nitrogens with one attached hydrogen (secondary N) is 2. The molecule has 0 unspecified atom stereocenters. The van der Waals surface area contributed by atoms with Gasteiger partial charge in [0.25, 0.3) is 11.8 Å². The maximum absolute atomic E-state index is 12.6. The summed E-state index contributed by atoms with van der Waals surface area (Å²) in [5.74, 6) is -1.09. The third kappa shape index (κ3) is 3.08. The lowest BCUT2D eigenvalue weighted by Crippen LogP contribution is -2.17. The molecule has 24 heavy (non-hydrogen) atoms. The first-order valence-electron chi connectivity index (χ1n) is 7.04. The van der Waals surface area contributed by atoms with Crippen LogP contribution in [-0.2, 0) is 0 Å². The van der Waals surface area contributed by atoms with Crippen LogP contribution in [-0.4, -0.2) is 23.3 Å². The number of carbonyl (C=O) groups is 2. The Morgan fingerprint density at radius 2 is 2.04 bits per heavy atom. The minimum atomic E-state index is -0.701. The molecule has 4 N–H and O–H groups in total. The van der Waals surface area contributed by atoms with E-state index in [2.05, 4.69) is 15.6 Å². The molecule has 0 bridgehead atoms. The van der Waals surface area contributed by atoms with Crippen LogP contribution in [0.1, 0.15) is 27.1 Å². The Kier molecular flexibility index (Phi) is 4.70. The van der Waals surface area contributed by atoms with E-state index in [0.717, 1.165) is 21.4 Å². The van der Waals surface area contributed by atoms with E-state index in [1.54, 1.807) is 0 Å². The van der Waals surface area contributed by atoms with Crippen LogP contribution in [0.2, 0.25) is 5.02 Å². The molecule has 2 heterocycles. The van der Waals surface area contributed by atoms with E-state index in [0.29, 0.717) is 26.6 Å². The molecule has 0 aliphatic rings. The van der Waals surface area contributed by atoms with E-state index in [4.69, 9.17) is 17.3 Å². The Bertz CT molecular complexity index is 935. The molecule has 0 radical (unpaired) electrons. The molecule has 6 nitrogen and oxygen atoms in total. The average Bonchev–Trinajstić information content (AvgIpc) is 3.10. The number of carbonyl (C=O) groups excluding carboxylic acids is 2. The van der Waals surface area contributed by atoms with E-state index in [1.165, 1.54) is 11.3 Å². The van der Waals surface area contributed by atoms with Gasteiger partial charge in [0.1, 0.15) is 9.88 Å². The van der Waals surface area contributed by atoms with E-state index < -0.39 is 11.8 Å². The van der Waals surface area contributed by atoms with Gasteiger partial charge < -0.3 is 16.4 Å². The first-order valence-corrected chi connectivity index (χ1v) is 9.05. The van der Waals surface area contributed by atoms with Crippen LogP contribution < -0.4 is 16.4 Å². The van der Waals surface area contributed by atoms with Crippen molar-refractivity contribution in [3.05, 3.63) is 39.9 Å². The van der Waals surface area contributed by atoms with Gasteiger partial charge in [0.05, 0.1) is 5.02 Å². The van der Waals surface area contributed by atoms with E-state index in [1.807, 2.05) is 31.2 Å². The Labute approximate surface area is 150 Å². The van der Waals surface area contributed by atoms with Gasteiger partial charge in [0.2, 0.25) is 0 Å². The van der Waals surface area contributed by atoms with Gasteiger partial charge in [-0.15, -0.1) is 11.3 Å². The molecular formula is C15H13ClN4O2S2. The topological polar surface area (TPSA) is 97.1 Å². The normalized spacial score (nSPS) is 10.8. The molecule has 3 aromatic rings. The Hall–Kier alpha value is -2.16. The zero-order valence-corrected chi connectivity index (χ0v) is 14.9. The molecule has 2 aromatic heterocycles. The minimum Gasteiger partial charge on any atom is -0.364 e. The van der Waals surface area contributed by atoms with E-state index in [-0.39, 0.29) is 5.69 Å². The van der Waals surface area contributed by atoms with Crippen molar-refractivity contribution in [2.24, 2.45) is 5.73 Å². The van der Waals surface area contributed by atoms with Crippen LogP contribution in [0.25, 0.3) is 10.1 Å². The molecule has 0 aliphatic carbocycles. The van der Waals surface area contributed by atoms with Crippen LogP contribution in [0.4, 0.5) is 10.1 Å². The Morgan fingerprint density at radius 1 is 1.29 bits per heavy atom. The van der Waals surface area contributed by atoms with Crippen LogP contribution in [0.3, 0.4) is 0 Å². The average molecular weight is 381 g/mol. The zero-order chi connectivity index (χ0) is 17.3. The smallest absolute Gasteiger partial charge is 0.270 e. The molecule has 0 saturated heterocycles. The van der Waals surface area contributed by atoms with Gasteiger partial charge in [-0.25, -0.2) is 4.98 Å². The summed E-state index contributed by atoms with van der Waals surface area (Å²) < 4.78 is 0.917. The number of fused-ring (bicyclic) bond motifs is 1. The van der Waals surface area contributed by atoms with Crippen LogP contribution in [0.15, 0.2) is 24.3 Å². The Morgan fingerprint density at radius 3 is 2.71 bits per heavy atom.